The first-order valence-electron chi connectivity index (χ1n) is 8.83. The molecule has 1 aliphatic heterocycles. The van der Waals surface area contributed by atoms with E-state index in [0.29, 0.717) is 17.6 Å². The van der Waals surface area contributed by atoms with E-state index in [2.05, 4.69) is 15.5 Å². The summed E-state index contributed by atoms with van der Waals surface area (Å²) < 4.78 is 29.4. The summed E-state index contributed by atoms with van der Waals surface area (Å²) in [4.78, 5) is 28.9. The van der Waals surface area contributed by atoms with Gasteiger partial charge in [-0.05, 0) is 6.42 Å². The summed E-state index contributed by atoms with van der Waals surface area (Å²) in [6, 6.07) is 8.91. The van der Waals surface area contributed by atoms with Gasteiger partial charge in [-0.1, -0.05) is 35.5 Å². The molecule has 1 amide bonds. The van der Waals surface area contributed by atoms with E-state index in [1.165, 1.54) is 10.9 Å². The molecule has 0 spiro atoms. The SMILES string of the molecule is O=C(CCn1cnc2c(-c3ccccc3)noc2c1=O)NC1CCS(=O)(=O)C1. The summed E-state index contributed by atoms with van der Waals surface area (Å²) in [5.41, 5.74) is 1.25. The Morgan fingerprint density at radius 2 is 2.07 bits per heavy atom. The fraction of sp³-hybridized carbons (Fsp3) is 0.333. The van der Waals surface area contributed by atoms with E-state index in [1.54, 1.807) is 0 Å². The highest BCUT2D eigenvalue weighted by molar-refractivity contribution is 7.91. The van der Waals surface area contributed by atoms with Gasteiger partial charge in [0.25, 0.3) is 11.1 Å². The minimum atomic E-state index is -3.06. The van der Waals surface area contributed by atoms with Crippen LogP contribution in [0, 0.1) is 0 Å². The lowest BCUT2D eigenvalue weighted by Crippen LogP contribution is -2.36. The molecule has 0 saturated carbocycles. The van der Waals surface area contributed by atoms with E-state index in [4.69, 9.17) is 4.52 Å². The Morgan fingerprint density at radius 1 is 1.29 bits per heavy atom. The number of rotatable bonds is 5. The number of nitrogens with zero attached hydrogens (tertiary/aromatic N) is 3. The first-order valence-corrected chi connectivity index (χ1v) is 10.6. The van der Waals surface area contributed by atoms with Crippen LogP contribution >= 0.6 is 0 Å². The molecule has 1 saturated heterocycles. The summed E-state index contributed by atoms with van der Waals surface area (Å²) in [5.74, 6) is -0.253. The number of fused-ring (bicyclic) bond motifs is 1. The Labute approximate surface area is 160 Å². The van der Waals surface area contributed by atoms with E-state index in [9.17, 15) is 18.0 Å². The third-order valence-electron chi connectivity index (χ3n) is 4.67. The zero-order chi connectivity index (χ0) is 19.7. The molecule has 4 rings (SSSR count). The van der Waals surface area contributed by atoms with E-state index < -0.39 is 15.4 Å². The molecule has 1 unspecified atom stereocenters. The smallest absolute Gasteiger partial charge is 0.299 e. The van der Waals surface area contributed by atoms with Gasteiger partial charge in [-0.2, -0.15) is 0 Å². The molecule has 1 atom stereocenters. The predicted octanol–water partition coefficient (Wildman–Crippen LogP) is 0.745. The molecule has 0 radical (unpaired) electrons. The predicted molar refractivity (Wildman–Crippen MR) is 101 cm³/mol. The van der Waals surface area contributed by atoms with Crippen LogP contribution in [-0.4, -0.2) is 46.6 Å². The summed E-state index contributed by atoms with van der Waals surface area (Å²) in [7, 11) is -3.06. The molecule has 0 aliphatic carbocycles. The second kappa shape index (κ2) is 7.19. The number of amides is 1. The summed E-state index contributed by atoms with van der Waals surface area (Å²) >= 11 is 0. The van der Waals surface area contributed by atoms with Crippen molar-refractivity contribution in [2.75, 3.05) is 11.5 Å². The van der Waals surface area contributed by atoms with Crippen LogP contribution in [0.15, 0.2) is 46.0 Å². The maximum absolute atomic E-state index is 12.6. The van der Waals surface area contributed by atoms with Crippen molar-refractivity contribution in [2.45, 2.75) is 25.4 Å². The highest BCUT2D eigenvalue weighted by Gasteiger charge is 2.28. The van der Waals surface area contributed by atoms with Gasteiger partial charge in [0, 0.05) is 24.6 Å². The minimum Gasteiger partial charge on any atom is -0.352 e. The molecule has 1 aromatic carbocycles. The van der Waals surface area contributed by atoms with Crippen LogP contribution in [0.2, 0.25) is 0 Å². The Bertz CT molecular complexity index is 1180. The summed E-state index contributed by atoms with van der Waals surface area (Å²) in [6.07, 6.45) is 1.81. The van der Waals surface area contributed by atoms with Crippen LogP contribution in [0.5, 0.6) is 0 Å². The van der Waals surface area contributed by atoms with Crippen LogP contribution in [0.1, 0.15) is 12.8 Å². The molecule has 2 aromatic heterocycles. The highest BCUT2D eigenvalue weighted by atomic mass is 32.2. The van der Waals surface area contributed by atoms with Gasteiger partial charge >= 0.3 is 0 Å². The van der Waals surface area contributed by atoms with Crippen molar-refractivity contribution in [2.24, 2.45) is 0 Å². The monoisotopic (exact) mass is 402 g/mol. The number of aromatic nitrogens is 3. The normalized spacial score (nSPS) is 18.4. The number of sulfone groups is 1. The van der Waals surface area contributed by atoms with Crippen LogP contribution in [-0.2, 0) is 21.2 Å². The fourth-order valence-electron chi connectivity index (χ4n) is 3.23. The van der Waals surface area contributed by atoms with Gasteiger partial charge in [-0.3, -0.25) is 14.2 Å². The van der Waals surface area contributed by atoms with Crippen LogP contribution in [0.25, 0.3) is 22.4 Å². The number of hydrogen-bond donors (Lipinski definition) is 1. The van der Waals surface area contributed by atoms with Gasteiger partial charge in [-0.25, -0.2) is 13.4 Å². The summed E-state index contributed by atoms with van der Waals surface area (Å²) in [5, 5.41) is 6.66. The van der Waals surface area contributed by atoms with Crippen molar-refractivity contribution in [1.82, 2.24) is 20.0 Å². The molecular weight excluding hydrogens is 384 g/mol. The van der Waals surface area contributed by atoms with Crippen LogP contribution in [0.4, 0.5) is 0 Å². The average Bonchev–Trinajstić information content (AvgIpc) is 3.25. The maximum Gasteiger partial charge on any atom is 0.299 e. The topological polar surface area (TPSA) is 124 Å². The molecular formula is C18H18N4O5S. The quantitative estimate of drug-likeness (QED) is 0.667. The van der Waals surface area contributed by atoms with Crippen molar-refractivity contribution in [3.05, 3.63) is 47.0 Å². The molecule has 0 bridgehead atoms. The zero-order valence-corrected chi connectivity index (χ0v) is 15.7. The first-order chi connectivity index (χ1) is 13.4. The van der Waals surface area contributed by atoms with Crippen molar-refractivity contribution < 1.29 is 17.7 Å². The summed E-state index contributed by atoms with van der Waals surface area (Å²) in [6.45, 7) is 0.106. The van der Waals surface area contributed by atoms with Crippen LogP contribution in [0.3, 0.4) is 0 Å². The molecule has 9 nitrogen and oxygen atoms in total. The molecule has 1 N–H and O–H groups in total. The third kappa shape index (κ3) is 3.68. The second-order valence-corrected chi connectivity index (χ2v) is 8.96. The Balaban J connectivity index is 1.47. The Hall–Kier alpha value is -3.01. The van der Waals surface area contributed by atoms with Gasteiger partial charge in [-0.15, -0.1) is 0 Å². The maximum atomic E-state index is 12.6. The van der Waals surface area contributed by atoms with Crippen molar-refractivity contribution in [3.8, 4) is 11.3 Å². The van der Waals surface area contributed by atoms with Crippen molar-refractivity contribution in [1.29, 1.82) is 0 Å². The molecule has 1 aliphatic rings. The fourth-order valence-corrected chi connectivity index (χ4v) is 4.90. The number of benzene rings is 1. The molecule has 28 heavy (non-hydrogen) atoms. The standard InChI is InChI=1S/C18H18N4O5S/c23-14(20-13-7-9-28(25,26)10-13)6-8-22-11-19-16-15(12-4-2-1-3-5-12)21-27-17(16)18(22)24/h1-5,11,13H,6-10H2,(H,20,23). The lowest BCUT2D eigenvalue weighted by atomic mass is 10.1. The van der Waals surface area contributed by atoms with E-state index in [-0.39, 0.29) is 42.0 Å². The van der Waals surface area contributed by atoms with Gasteiger partial charge in [0.05, 0.1) is 17.8 Å². The van der Waals surface area contributed by atoms with Crippen LogP contribution < -0.4 is 10.9 Å². The van der Waals surface area contributed by atoms with E-state index >= 15 is 0 Å². The van der Waals surface area contributed by atoms with Gasteiger partial charge in [0.15, 0.2) is 9.84 Å². The first kappa shape index (κ1) is 18.4. The second-order valence-electron chi connectivity index (χ2n) is 6.74. The molecule has 3 aromatic rings. The number of hydrogen-bond acceptors (Lipinski definition) is 7. The number of nitrogens with one attached hydrogen (secondary N) is 1. The van der Waals surface area contributed by atoms with E-state index in [1.807, 2.05) is 30.3 Å². The Morgan fingerprint density at radius 3 is 2.79 bits per heavy atom. The lowest BCUT2D eigenvalue weighted by molar-refractivity contribution is -0.121. The lowest BCUT2D eigenvalue weighted by Gasteiger charge is -2.11. The average molecular weight is 402 g/mol. The number of carbonyl (C=O) groups is 1. The number of carbonyl (C=O) groups excluding carboxylic acids is 1. The highest BCUT2D eigenvalue weighted by Crippen LogP contribution is 2.23. The molecule has 146 valence electrons. The van der Waals surface area contributed by atoms with Crippen molar-refractivity contribution >= 4 is 26.8 Å². The molecule has 1 fully saturated rings. The van der Waals surface area contributed by atoms with E-state index in [0.717, 1.165) is 5.56 Å². The van der Waals surface area contributed by atoms with Gasteiger partial charge in [0.1, 0.15) is 11.2 Å². The molecule has 10 heteroatoms. The zero-order valence-electron chi connectivity index (χ0n) is 14.9. The van der Waals surface area contributed by atoms with Gasteiger partial charge in [0.2, 0.25) is 5.91 Å². The Kier molecular flexibility index (Phi) is 4.71. The number of aryl methyl sites for hydroxylation is 1. The van der Waals surface area contributed by atoms with Crippen molar-refractivity contribution in [3.63, 3.8) is 0 Å². The third-order valence-corrected chi connectivity index (χ3v) is 6.44. The molecule has 3 heterocycles. The minimum absolute atomic E-state index is 0.0311. The largest absolute Gasteiger partial charge is 0.352 e. The van der Waals surface area contributed by atoms with Gasteiger partial charge < -0.3 is 9.84 Å².